The van der Waals surface area contributed by atoms with Gasteiger partial charge in [-0.15, -0.1) is 0 Å². The molecule has 0 unspecified atom stereocenters. The van der Waals surface area contributed by atoms with E-state index in [1.165, 1.54) is 6.07 Å². The summed E-state index contributed by atoms with van der Waals surface area (Å²) >= 11 is 0. The summed E-state index contributed by atoms with van der Waals surface area (Å²) in [5, 5.41) is 4.39. The molecule has 3 rings (SSSR count). The second-order valence-electron chi connectivity index (χ2n) is 7.76. The van der Waals surface area contributed by atoms with Crippen LogP contribution in [-0.2, 0) is 6.54 Å². The van der Waals surface area contributed by atoms with Gasteiger partial charge in [0.1, 0.15) is 12.1 Å². The van der Waals surface area contributed by atoms with Crippen LogP contribution >= 0.6 is 0 Å². The Morgan fingerprint density at radius 3 is 2.32 bits per heavy atom. The van der Waals surface area contributed by atoms with E-state index in [1.807, 2.05) is 10.7 Å². The summed E-state index contributed by atoms with van der Waals surface area (Å²) in [5.41, 5.74) is 5.13. The number of hydrogen-bond acceptors (Lipinski definition) is 2. The van der Waals surface area contributed by atoms with Gasteiger partial charge in [-0.2, -0.15) is 5.10 Å². The van der Waals surface area contributed by atoms with Gasteiger partial charge in [-0.3, -0.25) is 0 Å². The van der Waals surface area contributed by atoms with Crippen molar-refractivity contribution in [3.05, 3.63) is 59.7 Å². The van der Waals surface area contributed by atoms with Gasteiger partial charge in [0.25, 0.3) is 0 Å². The number of rotatable bonds is 3. The van der Waals surface area contributed by atoms with Crippen molar-refractivity contribution in [3.63, 3.8) is 0 Å². The fourth-order valence-electron chi connectivity index (χ4n) is 3.20. The molecule has 4 heteroatoms. The highest BCUT2D eigenvalue weighted by Gasteiger charge is 2.20. The average molecular weight is 337 g/mol. The molecule has 3 aromatic rings. The van der Waals surface area contributed by atoms with Crippen LogP contribution in [0, 0.1) is 25.1 Å². The largest absolute Gasteiger partial charge is 0.245 e. The zero-order valence-corrected chi connectivity index (χ0v) is 15.5. The van der Waals surface area contributed by atoms with Crippen LogP contribution in [-0.4, -0.2) is 14.8 Å². The molecule has 2 aromatic carbocycles. The topological polar surface area (TPSA) is 30.7 Å². The van der Waals surface area contributed by atoms with Gasteiger partial charge < -0.3 is 0 Å². The number of aromatic nitrogens is 3. The summed E-state index contributed by atoms with van der Waals surface area (Å²) in [6.07, 6.45) is 1.57. The van der Waals surface area contributed by atoms with Gasteiger partial charge in [-0.25, -0.2) is 14.1 Å². The predicted molar refractivity (Wildman–Crippen MR) is 99.8 cm³/mol. The van der Waals surface area contributed by atoms with E-state index in [-0.39, 0.29) is 11.2 Å². The monoisotopic (exact) mass is 337 g/mol. The first kappa shape index (κ1) is 17.3. The second-order valence-corrected chi connectivity index (χ2v) is 7.76. The van der Waals surface area contributed by atoms with E-state index in [2.05, 4.69) is 56.8 Å². The minimum atomic E-state index is -0.247. The predicted octanol–water partition coefficient (Wildman–Crippen LogP) is 5.41. The van der Waals surface area contributed by atoms with Crippen LogP contribution in [0.2, 0.25) is 0 Å². The molecule has 0 aliphatic carbocycles. The minimum absolute atomic E-state index is 0.0707. The van der Waals surface area contributed by atoms with Gasteiger partial charge in [0, 0.05) is 12.1 Å². The summed E-state index contributed by atoms with van der Waals surface area (Å²) in [4.78, 5) is 4.48. The Bertz CT molecular complexity index is 883. The maximum absolute atomic E-state index is 14.1. The Morgan fingerprint density at radius 2 is 1.68 bits per heavy atom. The Labute approximate surface area is 148 Å². The Hall–Kier alpha value is -2.49. The van der Waals surface area contributed by atoms with E-state index in [9.17, 15) is 4.39 Å². The van der Waals surface area contributed by atoms with Crippen LogP contribution in [0.4, 0.5) is 4.39 Å². The van der Waals surface area contributed by atoms with Crippen LogP contribution < -0.4 is 0 Å². The Kier molecular flexibility index (Phi) is 4.46. The van der Waals surface area contributed by atoms with E-state index in [0.717, 1.165) is 40.2 Å². The Balaban J connectivity index is 2.22. The van der Waals surface area contributed by atoms with Crippen LogP contribution in [0.3, 0.4) is 0 Å². The summed E-state index contributed by atoms with van der Waals surface area (Å²) in [5.74, 6) is 0.524. The molecule has 0 fully saturated rings. The molecule has 130 valence electrons. The first-order chi connectivity index (χ1) is 11.8. The molecule has 0 bridgehead atoms. The molecule has 0 aliphatic rings. The van der Waals surface area contributed by atoms with E-state index in [4.69, 9.17) is 0 Å². The highest BCUT2D eigenvalue weighted by atomic mass is 19.1. The van der Waals surface area contributed by atoms with E-state index in [1.54, 1.807) is 18.5 Å². The SMILES string of the molecule is Cc1cccc(C)c1-c1cc(F)ccc1-c1ncnn1CC(C)(C)C. The van der Waals surface area contributed by atoms with Crippen molar-refractivity contribution in [2.24, 2.45) is 5.41 Å². The maximum atomic E-state index is 14.1. The van der Waals surface area contributed by atoms with Gasteiger partial charge in [0.2, 0.25) is 0 Å². The number of nitrogens with zero attached hydrogens (tertiary/aromatic N) is 3. The van der Waals surface area contributed by atoms with Gasteiger partial charge >= 0.3 is 0 Å². The third-order valence-corrected chi connectivity index (χ3v) is 4.21. The lowest BCUT2D eigenvalue weighted by Gasteiger charge is -2.20. The molecule has 0 saturated carbocycles. The van der Waals surface area contributed by atoms with Gasteiger partial charge in [0.15, 0.2) is 5.82 Å². The molecular formula is C21H24FN3. The zero-order valence-electron chi connectivity index (χ0n) is 15.5. The van der Waals surface area contributed by atoms with Crippen LogP contribution in [0.25, 0.3) is 22.5 Å². The fraction of sp³-hybridized carbons (Fsp3) is 0.333. The number of halogens is 1. The average Bonchev–Trinajstić information content (AvgIpc) is 2.93. The van der Waals surface area contributed by atoms with Gasteiger partial charge in [-0.05, 0) is 59.7 Å². The van der Waals surface area contributed by atoms with Crippen molar-refractivity contribution in [1.29, 1.82) is 0 Å². The van der Waals surface area contributed by atoms with Crippen molar-refractivity contribution < 1.29 is 4.39 Å². The zero-order chi connectivity index (χ0) is 18.2. The van der Waals surface area contributed by atoms with Crippen LogP contribution in [0.1, 0.15) is 31.9 Å². The number of aryl methyl sites for hydroxylation is 2. The lowest BCUT2D eigenvalue weighted by atomic mass is 9.91. The first-order valence-electron chi connectivity index (χ1n) is 8.50. The molecule has 0 spiro atoms. The fourth-order valence-corrected chi connectivity index (χ4v) is 3.20. The van der Waals surface area contributed by atoms with Crippen molar-refractivity contribution >= 4 is 0 Å². The van der Waals surface area contributed by atoms with Gasteiger partial charge in [0.05, 0.1) is 0 Å². The van der Waals surface area contributed by atoms with E-state index >= 15 is 0 Å². The van der Waals surface area contributed by atoms with Crippen molar-refractivity contribution in [2.45, 2.75) is 41.2 Å². The molecule has 0 radical (unpaired) electrons. The van der Waals surface area contributed by atoms with Crippen molar-refractivity contribution in [3.8, 4) is 22.5 Å². The number of benzene rings is 2. The lowest BCUT2D eigenvalue weighted by molar-refractivity contribution is 0.327. The molecule has 0 atom stereocenters. The Morgan fingerprint density at radius 1 is 1.00 bits per heavy atom. The molecule has 1 heterocycles. The van der Waals surface area contributed by atoms with Crippen LogP contribution in [0.5, 0.6) is 0 Å². The third kappa shape index (κ3) is 3.63. The first-order valence-corrected chi connectivity index (χ1v) is 8.50. The molecule has 0 amide bonds. The summed E-state index contributed by atoms with van der Waals surface area (Å²) in [6, 6.07) is 11.0. The van der Waals surface area contributed by atoms with Crippen molar-refractivity contribution in [2.75, 3.05) is 0 Å². The minimum Gasteiger partial charge on any atom is -0.245 e. The molecule has 3 nitrogen and oxygen atoms in total. The lowest BCUT2D eigenvalue weighted by Crippen LogP contribution is -2.17. The summed E-state index contributed by atoms with van der Waals surface area (Å²) < 4.78 is 16.0. The molecule has 1 aromatic heterocycles. The normalized spacial score (nSPS) is 11.8. The number of hydrogen-bond donors (Lipinski definition) is 0. The standard InChI is InChI=1S/C21H24FN3/c1-14-7-6-8-15(2)19(14)18-11-16(22)9-10-17(18)20-23-13-24-25(20)12-21(3,4)5/h6-11,13H,12H2,1-5H3. The molecule has 25 heavy (non-hydrogen) atoms. The van der Waals surface area contributed by atoms with Crippen molar-refractivity contribution in [1.82, 2.24) is 14.8 Å². The quantitative estimate of drug-likeness (QED) is 0.639. The van der Waals surface area contributed by atoms with Crippen LogP contribution in [0.15, 0.2) is 42.7 Å². The summed E-state index contributed by atoms with van der Waals surface area (Å²) in [7, 11) is 0. The smallest absolute Gasteiger partial charge is 0.158 e. The second kappa shape index (κ2) is 6.43. The van der Waals surface area contributed by atoms with E-state index < -0.39 is 0 Å². The highest BCUT2D eigenvalue weighted by molar-refractivity contribution is 5.84. The summed E-state index contributed by atoms with van der Waals surface area (Å²) in [6.45, 7) is 11.3. The molecule has 0 N–H and O–H groups in total. The molecule has 0 saturated heterocycles. The molecular weight excluding hydrogens is 313 g/mol. The molecule has 0 aliphatic heterocycles. The van der Waals surface area contributed by atoms with E-state index in [0.29, 0.717) is 0 Å². The van der Waals surface area contributed by atoms with Gasteiger partial charge in [-0.1, -0.05) is 39.0 Å². The maximum Gasteiger partial charge on any atom is 0.158 e. The highest BCUT2D eigenvalue weighted by Crippen LogP contribution is 2.36. The third-order valence-electron chi connectivity index (χ3n) is 4.21.